The fourth-order valence-electron chi connectivity index (χ4n) is 2.42. The van der Waals surface area contributed by atoms with Crippen molar-refractivity contribution in [3.8, 4) is 0 Å². The molecule has 0 aliphatic rings. The Morgan fingerprint density at radius 3 is 2.44 bits per heavy atom. The number of anilines is 4. The predicted octanol–water partition coefficient (Wildman–Crippen LogP) is 3.78. The number of ketones is 1. The monoisotopic (exact) mass is 364 g/mol. The van der Waals surface area contributed by atoms with E-state index in [9.17, 15) is 14.9 Å². The van der Waals surface area contributed by atoms with Gasteiger partial charge in [0, 0.05) is 17.4 Å². The number of rotatable bonds is 6. The van der Waals surface area contributed by atoms with E-state index in [4.69, 9.17) is 0 Å². The van der Waals surface area contributed by atoms with Crippen LogP contribution in [-0.2, 0) is 0 Å². The van der Waals surface area contributed by atoms with Crippen molar-refractivity contribution in [1.29, 1.82) is 0 Å². The maximum Gasteiger partial charge on any atom is 0.353 e. The first kappa shape index (κ1) is 17.9. The molecule has 3 rings (SSSR count). The van der Waals surface area contributed by atoms with Crippen LogP contribution in [0.25, 0.3) is 0 Å². The van der Waals surface area contributed by atoms with Crippen molar-refractivity contribution in [2.45, 2.75) is 13.8 Å². The van der Waals surface area contributed by atoms with Gasteiger partial charge in [-0.2, -0.15) is 0 Å². The number of carbonyl (C=O) groups excluding carboxylic acids is 1. The first-order valence-electron chi connectivity index (χ1n) is 8.02. The molecule has 2 N–H and O–H groups in total. The third-order valence-electron chi connectivity index (χ3n) is 3.78. The summed E-state index contributed by atoms with van der Waals surface area (Å²) in [5.74, 6) is 0.376. The van der Waals surface area contributed by atoms with Crippen LogP contribution in [0.3, 0.4) is 0 Å². The Labute approximate surface area is 154 Å². The fraction of sp³-hybridized carbons (Fsp3) is 0.111. The van der Waals surface area contributed by atoms with Crippen LogP contribution in [0.1, 0.15) is 22.8 Å². The smallest absolute Gasteiger partial charge is 0.334 e. The number of pyridine rings is 1. The minimum Gasteiger partial charge on any atom is -0.334 e. The van der Waals surface area contributed by atoms with Crippen molar-refractivity contribution >= 4 is 34.6 Å². The Morgan fingerprint density at radius 2 is 1.78 bits per heavy atom. The summed E-state index contributed by atoms with van der Waals surface area (Å²) in [4.78, 5) is 34.8. The van der Waals surface area contributed by atoms with Gasteiger partial charge in [-0.25, -0.2) is 15.0 Å². The molecule has 0 aliphatic heterocycles. The summed E-state index contributed by atoms with van der Waals surface area (Å²) in [6.45, 7) is 3.28. The van der Waals surface area contributed by atoms with Gasteiger partial charge in [-0.05, 0) is 37.6 Å². The number of carbonyl (C=O) groups is 1. The van der Waals surface area contributed by atoms with Crippen LogP contribution in [-0.4, -0.2) is 25.7 Å². The van der Waals surface area contributed by atoms with Crippen molar-refractivity contribution in [3.63, 3.8) is 0 Å². The lowest BCUT2D eigenvalue weighted by Gasteiger charge is -2.11. The highest BCUT2D eigenvalue weighted by molar-refractivity contribution is 5.95. The SMILES string of the molecule is CC(=O)c1cccc(Nc2ncnc(Nc3ncccc3C)c2[N+](=O)[O-])c1. The zero-order valence-corrected chi connectivity index (χ0v) is 14.6. The number of benzene rings is 1. The topological polar surface area (TPSA) is 123 Å². The number of hydrogen-bond acceptors (Lipinski definition) is 8. The Bertz CT molecular complexity index is 1020. The number of aryl methyl sites for hydroxylation is 1. The van der Waals surface area contributed by atoms with E-state index < -0.39 is 4.92 Å². The summed E-state index contributed by atoms with van der Waals surface area (Å²) >= 11 is 0. The van der Waals surface area contributed by atoms with E-state index in [0.717, 1.165) is 5.56 Å². The number of aromatic nitrogens is 3. The standard InChI is InChI=1S/C18H16N6O3/c1-11-5-4-8-19-16(11)23-18-15(24(26)27)17(20-10-21-18)22-14-7-3-6-13(9-14)12(2)25/h3-10H,1-2H3,(H2,19,20,21,22,23). The highest BCUT2D eigenvalue weighted by Crippen LogP contribution is 2.33. The quantitative estimate of drug-likeness (QED) is 0.385. The van der Waals surface area contributed by atoms with Crippen LogP contribution in [0, 0.1) is 17.0 Å². The van der Waals surface area contributed by atoms with E-state index in [1.54, 1.807) is 36.5 Å². The summed E-state index contributed by atoms with van der Waals surface area (Å²) in [7, 11) is 0. The fourth-order valence-corrected chi connectivity index (χ4v) is 2.42. The molecule has 2 aromatic heterocycles. The highest BCUT2D eigenvalue weighted by Gasteiger charge is 2.24. The van der Waals surface area contributed by atoms with Gasteiger partial charge in [-0.1, -0.05) is 18.2 Å². The average Bonchev–Trinajstić information content (AvgIpc) is 2.64. The molecule has 0 radical (unpaired) electrons. The maximum absolute atomic E-state index is 11.7. The van der Waals surface area contributed by atoms with Crippen LogP contribution in [0.5, 0.6) is 0 Å². The molecule has 0 saturated carbocycles. The van der Waals surface area contributed by atoms with E-state index >= 15 is 0 Å². The van der Waals surface area contributed by atoms with Gasteiger partial charge in [0.1, 0.15) is 12.1 Å². The number of nitrogens with one attached hydrogen (secondary N) is 2. The largest absolute Gasteiger partial charge is 0.353 e. The van der Waals surface area contributed by atoms with Gasteiger partial charge < -0.3 is 10.6 Å². The van der Waals surface area contributed by atoms with Gasteiger partial charge in [-0.15, -0.1) is 0 Å². The van der Waals surface area contributed by atoms with Crippen molar-refractivity contribution in [1.82, 2.24) is 15.0 Å². The lowest BCUT2D eigenvalue weighted by molar-refractivity contribution is -0.383. The lowest BCUT2D eigenvalue weighted by atomic mass is 10.1. The van der Waals surface area contributed by atoms with E-state index in [1.807, 2.05) is 13.0 Å². The molecule has 27 heavy (non-hydrogen) atoms. The third-order valence-corrected chi connectivity index (χ3v) is 3.78. The zero-order chi connectivity index (χ0) is 19.4. The summed E-state index contributed by atoms with van der Waals surface area (Å²) in [6.07, 6.45) is 2.79. The van der Waals surface area contributed by atoms with Gasteiger partial charge in [-0.3, -0.25) is 14.9 Å². The van der Waals surface area contributed by atoms with E-state index in [-0.39, 0.29) is 23.1 Å². The van der Waals surface area contributed by atoms with Crippen molar-refractivity contribution in [3.05, 3.63) is 70.2 Å². The molecular weight excluding hydrogens is 348 g/mol. The Morgan fingerprint density at radius 1 is 1.04 bits per heavy atom. The van der Waals surface area contributed by atoms with Gasteiger partial charge in [0.2, 0.25) is 11.6 Å². The highest BCUT2D eigenvalue weighted by atomic mass is 16.6. The number of hydrogen-bond donors (Lipinski definition) is 2. The maximum atomic E-state index is 11.7. The number of Topliss-reactive ketones (excluding diaryl/α,β-unsaturated/α-hetero) is 1. The second kappa shape index (κ2) is 7.56. The summed E-state index contributed by atoms with van der Waals surface area (Å²) in [5.41, 5.74) is 1.48. The molecule has 9 heteroatoms. The van der Waals surface area contributed by atoms with Crippen molar-refractivity contribution in [2.24, 2.45) is 0 Å². The van der Waals surface area contributed by atoms with Gasteiger partial charge >= 0.3 is 5.69 Å². The molecule has 0 fully saturated rings. The normalized spacial score (nSPS) is 10.3. The second-order valence-electron chi connectivity index (χ2n) is 5.73. The molecule has 1 aromatic carbocycles. The Balaban J connectivity index is 1.99. The van der Waals surface area contributed by atoms with Crippen LogP contribution < -0.4 is 10.6 Å². The average molecular weight is 364 g/mol. The van der Waals surface area contributed by atoms with Crippen molar-refractivity contribution in [2.75, 3.05) is 10.6 Å². The molecule has 3 aromatic rings. The Kier molecular flexibility index (Phi) is 5.02. The molecule has 2 heterocycles. The summed E-state index contributed by atoms with van der Waals surface area (Å²) in [5, 5.41) is 17.4. The second-order valence-corrected chi connectivity index (χ2v) is 5.73. The number of nitrogens with zero attached hydrogens (tertiary/aromatic N) is 4. The molecule has 0 bridgehead atoms. The van der Waals surface area contributed by atoms with E-state index in [1.165, 1.54) is 13.3 Å². The molecule has 0 saturated heterocycles. The van der Waals surface area contributed by atoms with E-state index in [0.29, 0.717) is 17.1 Å². The first-order chi connectivity index (χ1) is 13.0. The molecule has 0 spiro atoms. The lowest BCUT2D eigenvalue weighted by Crippen LogP contribution is -2.07. The molecular formula is C18H16N6O3. The Hall–Kier alpha value is -3.88. The van der Waals surface area contributed by atoms with Crippen molar-refractivity contribution < 1.29 is 9.72 Å². The zero-order valence-electron chi connectivity index (χ0n) is 14.6. The molecule has 9 nitrogen and oxygen atoms in total. The molecule has 0 unspecified atom stereocenters. The van der Waals surface area contributed by atoms with E-state index in [2.05, 4.69) is 25.6 Å². The van der Waals surface area contributed by atoms with Crippen LogP contribution in [0.4, 0.5) is 28.8 Å². The summed E-state index contributed by atoms with van der Waals surface area (Å²) in [6, 6.07) is 10.2. The van der Waals surface area contributed by atoms with Gasteiger partial charge in [0.15, 0.2) is 5.78 Å². The molecule has 0 aliphatic carbocycles. The molecule has 136 valence electrons. The first-order valence-corrected chi connectivity index (χ1v) is 8.02. The molecule has 0 atom stereocenters. The van der Waals surface area contributed by atoms with Crippen LogP contribution in [0.2, 0.25) is 0 Å². The van der Waals surface area contributed by atoms with Crippen LogP contribution >= 0.6 is 0 Å². The molecule has 0 amide bonds. The third kappa shape index (κ3) is 4.03. The number of nitro groups is 1. The summed E-state index contributed by atoms with van der Waals surface area (Å²) < 4.78 is 0. The predicted molar refractivity (Wildman–Crippen MR) is 101 cm³/mol. The minimum absolute atomic E-state index is 0.00628. The van der Waals surface area contributed by atoms with Gasteiger partial charge in [0.05, 0.1) is 4.92 Å². The minimum atomic E-state index is -0.572. The van der Waals surface area contributed by atoms with Gasteiger partial charge in [0.25, 0.3) is 0 Å². The van der Waals surface area contributed by atoms with Crippen LogP contribution in [0.15, 0.2) is 48.9 Å².